The minimum absolute atomic E-state index is 0.0179. The summed E-state index contributed by atoms with van der Waals surface area (Å²) in [6, 6.07) is 0. The largest absolute Gasteiger partial charge is 0.389 e. The molecule has 0 radical (unpaired) electrons. The highest BCUT2D eigenvalue weighted by molar-refractivity contribution is 7.98. The minimum atomic E-state index is -1.29. The SMILES string of the molecule is CSc1nc(Cl)c(C(O)C(O)CN)c(Cl)n1. The van der Waals surface area contributed by atoms with E-state index in [4.69, 9.17) is 28.9 Å². The number of hydrogen-bond donors (Lipinski definition) is 3. The van der Waals surface area contributed by atoms with Crippen LogP contribution in [0, 0.1) is 0 Å². The molecule has 0 fully saturated rings. The molecule has 16 heavy (non-hydrogen) atoms. The van der Waals surface area contributed by atoms with Crippen molar-refractivity contribution in [3.8, 4) is 0 Å². The van der Waals surface area contributed by atoms with Crippen LogP contribution in [-0.4, -0.2) is 39.1 Å². The van der Waals surface area contributed by atoms with Gasteiger partial charge in [-0.2, -0.15) is 0 Å². The van der Waals surface area contributed by atoms with Crippen LogP contribution in [0.3, 0.4) is 0 Å². The smallest absolute Gasteiger partial charge is 0.190 e. The average molecular weight is 284 g/mol. The first-order valence-electron chi connectivity index (χ1n) is 4.34. The van der Waals surface area contributed by atoms with Crippen LogP contribution in [0.4, 0.5) is 0 Å². The predicted molar refractivity (Wildman–Crippen MR) is 63.9 cm³/mol. The third-order valence-electron chi connectivity index (χ3n) is 1.92. The lowest BCUT2D eigenvalue weighted by Gasteiger charge is -2.18. The van der Waals surface area contributed by atoms with E-state index in [1.165, 1.54) is 11.8 Å². The van der Waals surface area contributed by atoms with E-state index < -0.39 is 12.2 Å². The molecule has 0 bridgehead atoms. The Kier molecular flexibility index (Phi) is 5.23. The second-order valence-electron chi connectivity index (χ2n) is 2.95. The standard InChI is InChI=1S/C8H11Cl2N3O2S/c1-16-8-12-6(9)4(7(10)13-8)5(15)3(14)2-11/h3,5,14-15H,2,11H2,1H3. The molecule has 0 amide bonds. The number of thioether (sulfide) groups is 1. The Balaban J connectivity index is 3.14. The number of aliphatic hydroxyl groups is 2. The second kappa shape index (κ2) is 6.00. The predicted octanol–water partition coefficient (Wildman–Crippen LogP) is 0.858. The molecule has 1 aromatic rings. The molecule has 1 rings (SSSR count). The number of nitrogens with two attached hydrogens (primary N) is 1. The summed E-state index contributed by atoms with van der Waals surface area (Å²) in [6.07, 6.45) is -0.674. The van der Waals surface area contributed by atoms with Crippen molar-refractivity contribution >= 4 is 35.0 Å². The first-order chi connectivity index (χ1) is 7.51. The van der Waals surface area contributed by atoms with Crippen molar-refractivity contribution in [1.29, 1.82) is 0 Å². The van der Waals surface area contributed by atoms with Crippen molar-refractivity contribution in [2.45, 2.75) is 17.4 Å². The van der Waals surface area contributed by atoms with Crippen molar-refractivity contribution < 1.29 is 10.2 Å². The summed E-state index contributed by atoms with van der Waals surface area (Å²) in [6.45, 7) is -0.113. The molecule has 0 aromatic carbocycles. The normalized spacial score (nSPS) is 14.9. The maximum absolute atomic E-state index is 9.73. The van der Waals surface area contributed by atoms with Gasteiger partial charge in [-0.25, -0.2) is 9.97 Å². The fourth-order valence-electron chi connectivity index (χ4n) is 1.06. The molecule has 1 heterocycles. The van der Waals surface area contributed by atoms with E-state index >= 15 is 0 Å². The maximum Gasteiger partial charge on any atom is 0.190 e. The number of aromatic nitrogens is 2. The summed E-state index contributed by atoms with van der Waals surface area (Å²) < 4.78 is 0. The average Bonchev–Trinajstić information content (AvgIpc) is 2.26. The van der Waals surface area contributed by atoms with Crippen molar-refractivity contribution in [1.82, 2.24) is 9.97 Å². The van der Waals surface area contributed by atoms with Crippen molar-refractivity contribution in [2.75, 3.05) is 12.8 Å². The first kappa shape index (κ1) is 14.0. The fraction of sp³-hybridized carbons (Fsp3) is 0.500. The van der Waals surface area contributed by atoms with E-state index in [-0.39, 0.29) is 22.4 Å². The van der Waals surface area contributed by atoms with Crippen LogP contribution in [0.2, 0.25) is 10.3 Å². The zero-order chi connectivity index (χ0) is 12.3. The monoisotopic (exact) mass is 283 g/mol. The molecular weight excluding hydrogens is 273 g/mol. The van der Waals surface area contributed by atoms with E-state index in [9.17, 15) is 10.2 Å². The Morgan fingerprint density at radius 1 is 1.31 bits per heavy atom. The minimum Gasteiger partial charge on any atom is -0.389 e. The van der Waals surface area contributed by atoms with Crippen molar-refractivity contribution in [3.63, 3.8) is 0 Å². The van der Waals surface area contributed by atoms with Crippen LogP contribution >= 0.6 is 35.0 Å². The molecule has 2 unspecified atom stereocenters. The van der Waals surface area contributed by atoms with E-state index in [2.05, 4.69) is 9.97 Å². The summed E-state index contributed by atoms with van der Waals surface area (Å²) in [5.41, 5.74) is 5.32. The molecule has 0 aliphatic carbocycles. The van der Waals surface area contributed by atoms with Crippen LogP contribution < -0.4 is 5.73 Å². The van der Waals surface area contributed by atoms with Gasteiger partial charge in [0.25, 0.3) is 0 Å². The van der Waals surface area contributed by atoms with Gasteiger partial charge in [0.2, 0.25) is 0 Å². The maximum atomic E-state index is 9.73. The van der Waals surface area contributed by atoms with Crippen LogP contribution in [0.1, 0.15) is 11.7 Å². The van der Waals surface area contributed by atoms with Gasteiger partial charge in [-0.05, 0) is 6.26 Å². The molecule has 0 saturated carbocycles. The van der Waals surface area contributed by atoms with Gasteiger partial charge in [0.05, 0.1) is 11.7 Å². The number of hydrogen-bond acceptors (Lipinski definition) is 6. The van der Waals surface area contributed by atoms with Crippen molar-refractivity contribution in [2.24, 2.45) is 5.73 Å². The Morgan fingerprint density at radius 3 is 2.19 bits per heavy atom. The molecule has 4 N–H and O–H groups in total. The quantitative estimate of drug-likeness (QED) is 0.431. The highest BCUT2D eigenvalue weighted by Gasteiger charge is 2.24. The molecule has 1 aromatic heterocycles. The van der Waals surface area contributed by atoms with Gasteiger partial charge in [0.1, 0.15) is 16.4 Å². The van der Waals surface area contributed by atoms with Gasteiger partial charge in [-0.15, -0.1) is 0 Å². The second-order valence-corrected chi connectivity index (χ2v) is 4.44. The Bertz CT molecular complexity index is 357. The molecule has 0 aliphatic rings. The number of nitrogens with zero attached hydrogens (tertiary/aromatic N) is 2. The third-order valence-corrected chi connectivity index (χ3v) is 3.04. The van der Waals surface area contributed by atoms with E-state index in [0.29, 0.717) is 5.16 Å². The summed E-state index contributed by atoms with van der Waals surface area (Å²) in [5.74, 6) is 0. The van der Waals surface area contributed by atoms with Crippen LogP contribution in [0.5, 0.6) is 0 Å². The van der Waals surface area contributed by atoms with Gasteiger partial charge < -0.3 is 15.9 Å². The van der Waals surface area contributed by atoms with Gasteiger partial charge in [0.15, 0.2) is 5.16 Å². The molecule has 0 saturated heterocycles. The zero-order valence-electron chi connectivity index (χ0n) is 8.39. The lowest BCUT2D eigenvalue weighted by molar-refractivity contribution is 0.0239. The van der Waals surface area contributed by atoms with E-state index in [1.807, 2.05) is 0 Å². The fourth-order valence-corrected chi connectivity index (χ4v) is 2.13. The molecular formula is C8H11Cl2N3O2S. The van der Waals surface area contributed by atoms with Crippen LogP contribution in [0.25, 0.3) is 0 Å². The summed E-state index contributed by atoms with van der Waals surface area (Å²) in [4.78, 5) is 7.82. The van der Waals surface area contributed by atoms with Gasteiger partial charge in [0, 0.05) is 6.54 Å². The highest BCUT2D eigenvalue weighted by Crippen LogP contribution is 2.31. The number of aliphatic hydroxyl groups excluding tert-OH is 2. The third kappa shape index (κ3) is 2.97. The summed E-state index contributed by atoms with van der Waals surface area (Å²) >= 11 is 13.0. The van der Waals surface area contributed by atoms with Crippen molar-refractivity contribution in [3.05, 3.63) is 15.9 Å². The van der Waals surface area contributed by atoms with Gasteiger partial charge in [-0.1, -0.05) is 35.0 Å². The molecule has 5 nitrogen and oxygen atoms in total. The highest BCUT2D eigenvalue weighted by atomic mass is 35.5. The van der Waals surface area contributed by atoms with Gasteiger partial charge in [-0.3, -0.25) is 0 Å². The van der Waals surface area contributed by atoms with Crippen LogP contribution in [-0.2, 0) is 0 Å². The molecule has 0 aliphatic heterocycles. The molecule has 0 spiro atoms. The molecule has 8 heteroatoms. The Morgan fingerprint density at radius 2 is 1.81 bits per heavy atom. The molecule has 2 atom stereocenters. The zero-order valence-corrected chi connectivity index (χ0v) is 10.7. The summed E-state index contributed by atoms with van der Waals surface area (Å²) in [7, 11) is 0. The van der Waals surface area contributed by atoms with Gasteiger partial charge >= 0.3 is 0 Å². The van der Waals surface area contributed by atoms with E-state index in [1.54, 1.807) is 6.26 Å². The topological polar surface area (TPSA) is 92.3 Å². The Labute approximate surface area is 107 Å². The van der Waals surface area contributed by atoms with Crippen LogP contribution in [0.15, 0.2) is 5.16 Å². The lowest BCUT2D eigenvalue weighted by Crippen LogP contribution is -2.28. The first-order valence-corrected chi connectivity index (χ1v) is 6.32. The number of rotatable bonds is 4. The Hall–Kier alpha value is -0.110. The lowest BCUT2D eigenvalue weighted by atomic mass is 10.1. The van der Waals surface area contributed by atoms with E-state index in [0.717, 1.165) is 0 Å². The summed E-state index contributed by atoms with van der Waals surface area (Å²) in [5, 5.41) is 19.6. The molecule has 90 valence electrons. The number of halogens is 2.